The Labute approximate surface area is 119 Å². The van der Waals surface area contributed by atoms with Crippen molar-refractivity contribution in [1.29, 1.82) is 0 Å². The van der Waals surface area contributed by atoms with E-state index in [-0.39, 0.29) is 17.9 Å². The highest BCUT2D eigenvalue weighted by Crippen LogP contribution is 2.30. The van der Waals surface area contributed by atoms with Crippen molar-refractivity contribution in [2.24, 2.45) is 5.84 Å². The monoisotopic (exact) mass is 326 g/mol. The van der Waals surface area contributed by atoms with Crippen LogP contribution in [0.15, 0.2) is 34.9 Å². The van der Waals surface area contributed by atoms with Gasteiger partial charge in [0.15, 0.2) is 0 Å². The Hall–Kier alpha value is -1.24. The van der Waals surface area contributed by atoms with E-state index in [1.54, 1.807) is 18.3 Å². The van der Waals surface area contributed by atoms with Crippen LogP contribution < -0.4 is 11.3 Å². The van der Waals surface area contributed by atoms with Crippen LogP contribution in [0, 0.1) is 5.82 Å². The normalized spacial score (nSPS) is 12.9. The third-order valence-electron chi connectivity index (χ3n) is 2.92. The molecule has 2 aromatic rings. The van der Waals surface area contributed by atoms with Crippen molar-refractivity contribution in [2.75, 3.05) is 0 Å². The maximum atomic E-state index is 13.0. The Bertz CT molecular complexity index is 550. The van der Waals surface area contributed by atoms with Gasteiger partial charge in [-0.05, 0) is 47.5 Å². The summed E-state index contributed by atoms with van der Waals surface area (Å²) in [5.41, 5.74) is 4.56. The van der Waals surface area contributed by atoms with Crippen LogP contribution in [0.5, 0.6) is 0 Å². The van der Waals surface area contributed by atoms with Crippen LogP contribution in [0.3, 0.4) is 0 Å². The fourth-order valence-corrected chi connectivity index (χ4v) is 2.52. The third-order valence-corrected chi connectivity index (χ3v) is 3.53. The van der Waals surface area contributed by atoms with E-state index in [2.05, 4.69) is 26.5 Å². The molecule has 102 valence electrons. The summed E-state index contributed by atoms with van der Waals surface area (Å²) in [4.78, 5) is 0. The zero-order valence-corrected chi connectivity index (χ0v) is 12.4. The number of hydrogen-bond donors (Lipinski definition) is 2. The molecular weight excluding hydrogens is 311 g/mol. The first kappa shape index (κ1) is 14.2. The van der Waals surface area contributed by atoms with Crippen molar-refractivity contribution in [3.05, 3.63) is 52.0 Å². The van der Waals surface area contributed by atoms with Crippen molar-refractivity contribution in [3.8, 4) is 0 Å². The second kappa shape index (κ2) is 5.81. The largest absolute Gasteiger partial charge is 0.271 e. The molecule has 0 aliphatic carbocycles. The van der Waals surface area contributed by atoms with Crippen LogP contribution in [0.1, 0.15) is 37.2 Å². The molecule has 0 aliphatic heterocycles. The summed E-state index contributed by atoms with van der Waals surface area (Å²) in [5.74, 6) is 5.40. The Balaban J connectivity index is 2.47. The molecule has 0 saturated carbocycles. The molecule has 19 heavy (non-hydrogen) atoms. The van der Waals surface area contributed by atoms with Crippen LogP contribution in [0.25, 0.3) is 0 Å². The van der Waals surface area contributed by atoms with Crippen molar-refractivity contribution in [2.45, 2.75) is 25.9 Å². The fourth-order valence-electron chi connectivity index (χ4n) is 2.02. The number of nitrogens with zero attached hydrogens (tertiary/aromatic N) is 2. The van der Waals surface area contributed by atoms with Gasteiger partial charge in [-0.25, -0.2) is 9.82 Å². The second-order valence-electron chi connectivity index (χ2n) is 4.57. The Morgan fingerprint density at radius 1 is 1.32 bits per heavy atom. The van der Waals surface area contributed by atoms with Crippen LogP contribution in [0.2, 0.25) is 0 Å². The quantitative estimate of drug-likeness (QED) is 0.671. The van der Waals surface area contributed by atoms with E-state index in [9.17, 15) is 4.39 Å². The number of rotatable bonds is 4. The molecule has 0 fully saturated rings. The summed E-state index contributed by atoms with van der Waals surface area (Å²) in [6.07, 6.45) is 1.74. The van der Waals surface area contributed by atoms with E-state index in [1.807, 2.05) is 18.5 Å². The van der Waals surface area contributed by atoms with Gasteiger partial charge in [0, 0.05) is 6.04 Å². The number of hydrogen-bond acceptors (Lipinski definition) is 3. The first-order valence-electron chi connectivity index (χ1n) is 5.99. The number of hydrazine groups is 1. The number of halogens is 2. The first-order valence-corrected chi connectivity index (χ1v) is 6.78. The fraction of sp³-hybridized carbons (Fsp3) is 0.308. The minimum Gasteiger partial charge on any atom is -0.271 e. The second-order valence-corrected chi connectivity index (χ2v) is 5.42. The van der Waals surface area contributed by atoms with Gasteiger partial charge in [-0.3, -0.25) is 10.5 Å². The average molecular weight is 327 g/mol. The summed E-state index contributed by atoms with van der Waals surface area (Å²) in [6.45, 7) is 4.09. The molecule has 0 aliphatic rings. The van der Waals surface area contributed by atoms with Gasteiger partial charge in [-0.15, -0.1) is 0 Å². The maximum Gasteiger partial charge on any atom is 0.123 e. The maximum absolute atomic E-state index is 13.0. The van der Waals surface area contributed by atoms with Gasteiger partial charge in [0.25, 0.3) is 0 Å². The minimum absolute atomic E-state index is 0.206. The van der Waals surface area contributed by atoms with E-state index in [4.69, 9.17) is 5.84 Å². The van der Waals surface area contributed by atoms with Gasteiger partial charge in [0.05, 0.1) is 22.4 Å². The molecule has 0 bridgehead atoms. The lowest BCUT2D eigenvalue weighted by Crippen LogP contribution is -2.31. The van der Waals surface area contributed by atoms with Crippen LogP contribution in [0.4, 0.5) is 4.39 Å². The van der Waals surface area contributed by atoms with E-state index < -0.39 is 0 Å². The molecule has 0 spiro atoms. The molecule has 1 unspecified atom stereocenters. The molecule has 1 aromatic carbocycles. The highest BCUT2D eigenvalue weighted by Gasteiger charge is 2.22. The van der Waals surface area contributed by atoms with E-state index in [1.165, 1.54) is 12.1 Å². The summed E-state index contributed by atoms with van der Waals surface area (Å²) in [7, 11) is 0. The summed E-state index contributed by atoms with van der Waals surface area (Å²) >= 11 is 3.49. The van der Waals surface area contributed by atoms with E-state index >= 15 is 0 Å². The predicted octanol–water partition coefficient (Wildman–Crippen LogP) is 2.92. The summed E-state index contributed by atoms with van der Waals surface area (Å²) in [5, 5.41) is 4.33. The van der Waals surface area contributed by atoms with E-state index in [0.29, 0.717) is 0 Å². The summed E-state index contributed by atoms with van der Waals surface area (Å²) in [6, 6.07) is 6.22. The predicted molar refractivity (Wildman–Crippen MR) is 75.9 cm³/mol. The first-order chi connectivity index (χ1) is 9.04. The number of benzene rings is 1. The lowest BCUT2D eigenvalue weighted by molar-refractivity contribution is 0.475. The van der Waals surface area contributed by atoms with Gasteiger partial charge in [-0.1, -0.05) is 12.1 Å². The van der Waals surface area contributed by atoms with E-state index in [0.717, 1.165) is 15.7 Å². The molecule has 6 heteroatoms. The highest BCUT2D eigenvalue weighted by atomic mass is 79.9. The average Bonchev–Trinajstić information content (AvgIpc) is 2.75. The Morgan fingerprint density at radius 2 is 1.95 bits per heavy atom. The van der Waals surface area contributed by atoms with Gasteiger partial charge in [-0.2, -0.15) is 5.10 Å². The molecule has 1 aromatic heterocycles. The number of nitrogens with one attached hydrogen (secondary N) is 1. The number of nitrogens with two attached hydrogens (primary N) is 1. The molecular formula is C13H16BrFN4. The lowest BCUT2D eigenvalue weighted by atomic mass is 10.0. The Kier molecular flexibility index (Phi) is 4.34. The molecule has 3 N–H and O–H groups in total. The van der Waals surface area contributed by atoms with Gasteiger partial charge >= 0.3 is 0 Å². The van der Waals surface area contributed by atoms with Crippen molar-refractivity contribution in [1.82, 2.24) is 15.2 Å². The zero-order valence-electron chi connectivity index (χ0n) is 10.8. The molecule has 1 heterocycles. The van der Waals surface area contributed by atoms with Crippen molar-refractivity contribution < 1.29 is 4.39 Å². The molecule has 0 radical (unpaired) electrons. The topological polar surface area (TPSA) is 55.9 Å². The van der Waals surface area contributed by atoms with Crippen LogP contribution in [-0.2, 0) is 0 Å². The Morgan fingerprint density at radius 3 is 2.47 bits per heavy atom. The SMILES string of the molecule is CC(C)n1ncc(Br)c1C(NN)c1ccc(F)cc1. The lowest BCUT2D eigenvalue weighted by Gasteiger charge is -2.20. The molecule has 4 nitrogen and oxygen atoms in total. The van der Waals surface area contributed by atoms with Crippen LogP contribution >= 0.6 is 15.9 Å². The standard InChI is InChI=1S/C13H16BrFN4/c1-8(2)19-13(11(14)7-17-19)12(18-16)9-3-5-10(15)6-4-9/h3-8,12,18H,16H2,1-2H3. The smallest absolute Gasteiger partial charge is 0.123 e. The third kappa shape index (κ3) is 2.86. The molecule has 1 atom stereocenters. The van der Waals surface area contributed by atoms with Gasteiger partial charge in [0.1, 0.15) is 5.82 Å². The van der Waals surface area contributed by atoms with Gasteiger partial charge < -0.3 is 0 Å². The zero-order chi connectivity index (χ0) is 14.0. The van der Waals surface area contributed by atoms with Gasteiger partial charge in [0.2, 0.25) is 0 Å². The minimum atomic E-state index is -0.268. The van der Waals surface area contributed by atoms with Crippen molar-refractivity contribution >= 4 is 15.9 Å². The highest BCUT2D eigenvalue weighted by molar-refractivity contribution is 9.10. The molecule has 0 saturated heterocycles. The summed E-state index contributed by atoms with van der Waals surface area (Å²) < 4.78 is 15.8. The van der Waals surface area contributed by atoms with Crippen LogP contribution in [-0.4, -0.2) is 9.78 Å². The molecule has 2 rings (SSSR count). The number of aromatic nitrogens is 2. The molecule has 0 amide bonds. The van der Waals surface area contributed by atoms with Crippen molar-refractivity contribution in [3.63, 3.8) is 0 Å².